The average Bonchev–Trinajstić information content (AvgIpc) is 3.83. The molecule has 3 aromatic carbocycles. The van der Waals surface area contributed by atoms with Gasteiger partial charge in [0.25, 0.3) is 0 Å². The van der Waals surface area contributed by atoms with Crippen LogP contribution in [0.4, 0.5) is 0 Å². The fourth-order valence-electron chi connectivity index (χ4n) is 3.21. The lowest BCUT2D eigenvalue weighted by Crippen LogP contribution is -2.17. The van der Waals surface area contributed by atoms with Crippen molar-refractivity contribution in [1.29, 1.82) is 0 Å². The van der Waals surface area contributed by atoms with Crippen molar-refractivity contribution in [2.75, 3.05) is 13.2 Å². The van der Waals surface area contributed by atoms with E-state index < -0.39 is 5.97 Å². The van der Waals surface area contributed by atoms with E-state index in [0.29, 0.717) is 18.8 Å². The number of carbonyl (C=O) groups is 1. The second-order valence-corrected chi connectivity index (χ2v) is 9.44. The monoisotopic (exact) mass is 743 g/mol. The molecule has 2 heterocycles. The quantitative estimate of drug-likeness (QED) is 0.290. The summed E-state index contributed by atoms with van der Waals surface area (Å²) in [6.07, 6.45) is 0. The average molecular weight is 743 g/mol. The fourth-order valence-corrected chi connectivity index (χ4v) is 3.21. The van der Waals surface area contributed by atoms with Gasteiger partial charge in [0.15, 0.2) is 0 Å². The summed E-state index contributed by atoms with van der Waals surface area (Å²) in [5.41, 5.74) is 2.33. The molecule has 53 heavy (non-hydrogen) atoms. The molecule has 0 unspecified atom stereocenters. The zero-order valence-corrected chi connectivity index (χ0v) is 38.6. The number of aliphatic imine (C=N–C) groups is 2. The van der Waals surface area contributed by atoms with Crippen molar-refractivity contribution < 1.29 is 19.4 Å². The maximum Gasteiger partial charge on any atom is 0.335 e. The van der Waals surface area contributed by atoms with Crippen LogP contribution in [0.3, 0.4) is 0 Å². The first-order valence-electron chi connectivity index (χ1n) is 20.5. The van der Waals surface area contributed by atoms with Crippen LogP contribution >= 0.6 is 0 Å². The molecule has 0 amide bonds. The van der Waals surface area contributed by atoms with Crippen LogP contribution in [0.5, 0.6) is 0 Å². The molecule has 0 aromatic heterocycles. The van der Waals surface area contributed by atoms with Gasteiger partial charge in [-0.25, -0.2) is 14.8 Å². The Hall–Kier alpha value is -3.93. The molecule has 2 aliphatic rings. The van der Waals surface area contributed by atoms with Gasteiger partial charge in [0.05, 0.1) is 16.6 Å². The maximum atomic E-state index is 10.2. The van der Waals surface area contributed by atoms with Gasteiger partial charge in [0.1, 0.15) is 13.2 Å². The molecule has 0 saturated heterocycles. The Morgan fingerprint density at radius 3 is 0.849 bits per heavy atom. The zero-order chi connectivity index (χ0) is 43.3. The van der Waals surface area contributed by atoms with Crippen molar-refractivity contribution in [1.82, 2.24) is 0 Å². The summed E-state index contributed by atoms with van der Waals surface area (Å²) in [6, 6.07) is 28.3. The molecule has 0 bridgehead atoms. The number of aromatic carboxylic acids is 1. The molecule has 5 rings (SSSR count). The number of hydrogen-bond acceptors (Lipinski definition) is 5. The van der Waals surface area contributed by atoms with E-state index in [1.165, 1.54) is 0 Å². The minimum absolute atomic E-state index is 0.0643. The van der Waals surface area contributed by atoms with Gasteiger partial charge in [0.2, 0.25) is 11.8 Å². The van der Waals surface area contributed by atoms with E-state index in [1.54, 1.807) is 30.3 Å². The Morgan fingerprint density at radius 1 is 0.453 bits per heavy atom. The minimum Gasteiger partial charge on any atom is -0.478 e. The van der Waals surface area contributed by atoms with Gasteiger partial charge in [-0.05, 0) is 64.1 Å². The molecule has 0 radical (unpaired) electrons. The van der Waals surface area contributed by atoms with E-state index in [4.69, 9.17) is 14.6 Å². The Bertz CT molecular complexity index is 1090. The van der Waals surface area contributed by atoms with Crippen LogP contribution < -0.4 is 0 Å². The number of carboxylic acids is 1. The minimum atomic E-state index is -0.879. The first-order chi connectivity index (χ1) is 25.7. The predicted molar refractivity (Wildman–Crippen MR) is 242 cm³/mol. The third-order valence-corrected chi connectivity index (χ3v) is 4.99. The molecule has 0 aliphatic carbocycles. The Balaban J connectivity index is -0.0000000995. The standard InChI is InChI=1S/2C11H13NO.C7H6O2.9C2H6/c2*1-11(2)8-13-10(12-11)9-6-4-3-5-7-9;8-7(9)6-4-2-1-3-5-6;9*1-2/h2*3-7H,8H2,1-2H3;1-5H,(H,8,9);9*1-2H3. The van der Waals surface area contributed by atoms with Crippen molar-refractivity contribution in [3.63, 3.8) is 0 Å². The van der Waals surface area contributed by atoms with Crippen molar-refractivity contribution >= 4 is 17.8 Å². The Labute approximate surface area is 330 Å². The molecule has 2 aliphatic heterocycles. The molecular formula is C47H86N2O4. The second kappa shape index (κ2) is 48.1. The number of benzene rings is 3. The molecule has 0 saturated carbocycles. The Morgan fingerprint density at radius 2 is 0.679 bits per heavy atom. The molecule has 6 nitrogen and oxygen atoms in total. The van der Waals surface area contributed by atoms with E-state index in [9.17, 15) is 4.79 Å². The molecule has 308 valence electrons. The summed E-state index contributed by atoms with van der Waals surface area (Å²) < 4.78 is 11.0. The van der Waals surface area contributed by atoms with E-state index in [-0.39, 0.29) is 11.1 Å². The van der Waals surface area contributed by atoms with Gasteiger partial charge in [-0.2, -0.15) is 0 Å². The first-order valence-corrected chi connectivity index (χ1v) is 20.5. The third kappa shape index (κ3) is 34.9. The highest BCUT2D eigenvalue weighted by atomic mass is 16.5. The molecular weight excluding hydrogens is 657 g/mol. The highest BCUT2D eigenvalue weighted by molar-refractivity contribution is 5.95. The third-order valence-electron chi connectivity index (χ3n) is 4.99. The fraction of sp³-hybridized carbons (Fsp3) is 0.553. The molecule has 1 N–H and O–H groups in total. The topological polar surface area (TPSA) is 80.5 Å². The molecule has 0 spiro atoms. The lowest BCUT2D eigenvalue weighted by atomic mass is 10.1. The normalized spacial score (nSPS) is 12.0. The molecule has 0 fully saturated rings. The largest absolute Gasteiger partial charge is 0.478 e. The van der Waals surface area contributed by atoms with Gasteiger partial charge < -0.3 is 14.6 Å². The maximum absolute atomic E-state index is 10.2. The first kappa shape index (κ1) is 64.1. The smallest absolute Gasteiger partial charge is 0.335 e. The van der Waals surface area contributed by atoms with Crippen LogP contribution in [0.2, 0.25) is 0 Å². The van der Waals surface area contributed by atoms with Gasteiger partial charge in [0, 0.05) is 11.1 Å². The zero-order valence-electron chi connectivity index (χ0n) is 38.6. The van der Waals surface area contributed by atoms with Crippen molar-refractivity contribution in [3.05, 3.63) is 108 Å². The van der Waals surface area contributed by atoms with Crippen molar-refractivity contribution in [2.24, 2.45) is 9.98 Å². The predicted octanol–water partition coefficient (Wildman–Crippen LogP) is 15.1. The van der Waals surface area contributed by atoms with Crippen LogP contribution in [0, 0.1) is 0 Å². The number of carboxylic acid groups (broad SMARTS) is 1. The number of hydrogen-bond donors (Lipinski definition) is 1. The van der Waals surface area contributed by atoms with Gasteiger partial charge in [-0.3, -0.25) is 0 Å². The summed E-state index contributed by atoms with van der Waals surface area (Å²) in [5, 5.41) is 8.38. The summed E-state index contributed by atoms with van der Waals surface area (Å²) in [7, 11) is 0. The Kier molecular flexibility index (Phi) is 58.1. The summed E-state index contributed by atoms with van der Waals surface area (Å²) in [6.45, 7) is 45.6. The summed E-state index contributed by atoms with van der Waals surface area (Å²) in [4.78, 5) is 19.2. The van der Waals surface area contributed by atoms with E-state index in [1.807, 2.05) is 185 Å². The number of ether oxygens (including phenoxy) is 2. The van der Waals surface area contributed by atoms with Gasteiger partial charge in [-0.15, -0.1) is 0 Å². The van der Waals surface area contributed by atoms with Crippen molar-refractivity contribution in [2.45, 2.75) is 163 Å². The van der Waals surface area contributed by atoms with E-state index in [0.717, 1.165) is 22.9 Å². The highest BCUT2D eigenvalue weighted by Gasteiger charge is 2.27. The summed E-state index contributed by atoms with van der Waals surface area (Å²) >= 11 is 0. The van der Waals surface area contributed by atoms with Gasteiger partial charge in [-0.1, -0.05) is 179 Å². The SMILES string of the molecule is CC.CC.CC.CC.CC.CC.CC.CC.CC.CC1(C)COC(c2ccccc2)=N1.CC1(C)COC(c2ccccc2)=N1.O=C(O)c1ccccc1. The molecule has 0 atom stereocenters. The van der Waals surface area contributed by atoms with Crippen LogP contribution in [0.15, 0.2) is 101 Å². The van der Waals surface area contributed by atoms with Crippen LogP contribution in [-0.2, 0) is 9.47 Å². The van der Waals surface area contributed by atoms with Crippen LogP contribution in [0.1, 0.15) is 174 Å². The molecule has 3 aromatic rings. The molecule has 6 heteroatoms. The van der Waals surface area contributed by atoms with E-state index in [2.05, 4.69) is 37.7 Å². The number of nitrogens with zero attached hydrogens (tertiary/aromatic N) is 2. The van der Waals surface area contributed by atoms with Crippen molar-refractivity contribution in [3.8, 4) is 0 Å². The lowest BCUT2D eigenvalue weighted by Gasteiger charge is -2.07. The summed E-state index contributed by atoms with van der Waals surface area (Å²) in [5.74, 6) is 0.659. The second-order valence-electron chi connectivity index (χ2n) is 9.44. The van der Waals surface area contributed by atoms with E-state index >= 15 is 0 Å². The lowest BCUT2D eigenvalue weighted by molar-refractivity contribution is 0.0697. The van der Waals surface area contributed by atoms with Crippen LogP contribution in [0.25, 0.3) is 0 Å². The van der Waals surface area contributed by atoms with Gasteiger partial charge >= 0.3 is 5.97 Å². The highest BCUT2D eigenvalue weighted by Crippen LogP contribution is 2.21. The van der Waals surface area contributed by atoms with Crippen LogP contribution in [-0.4, -0.2) is 47.2 Å². The number of rotatable bonds is 3.